The minimum absolute atomic E-state index is 0.133. The van der Waals surface area contributed by atoms with Crippen LogP contribution in [0.5, 0.6) is 0 Å². The van der Waals surface area contributed by atoms with E-state index in [1.54, 1.807) is 0 Å². The average Bonchev–Trinajstić information content (AvgIpc) is 2.66. The summed E-state index contributed by atoms with van der Waals surface area (Å²) in [5, 5.41) is 29.6. The van der Waals surface area contributed by atoms with Crippen molar-refractivity contribution in [2.45, 2.75) is 50.9 Å². The van der Waals surface area contributed by atoms with Gasteiger partial charge in [-0.15, -0.1) is 0 Å². The molecule has 1 aliphatic carbocycles. The molecule has 1 saturated carbocycles. The van der Waals surface area contributed by atoms with Crippen LogP contribution in [0.4, 0.5) is 5.69 Å². The number of rotatable bonds is 3. The quantitative estimate of drug-likeness (QED) is 0.628. The highest BCUT2D eigenvalue weighted by Crippen LogP contribution is 2.36. The van der Waals surface area contributed by atoms with Gasteiger partial charge < -0.3 is 5.11 Å². The molecule has 0 spiro atoms. The number of aromatic nitrogens is 1. The minimum Gasteiger partial charge on any atom is -0.396 e. The zero-order valence-corrected chi connectivity index (χ0v) is 14.5. The second-order valence-corrected chi connectivity index (χ2v) is 6.91. The first-order valence-corrected chi connectivity index (χ1v) is 8.72. The molecule has 23 heavy (non-hydrogen) atoms. The van der Waals surface area contributed by atoms with Gasteiger partial charge in [0.1, 0.15) is 6.07 Å². The van der Waals surface area contributed by atoms with Gasteiger partial charge in [-0.3, -0.25) is 10.1 Å². The fourth-order valence-electron chi connectivity index (χ4n) is 3.18. The van der Waals surface area contributed by atoms with Crippen LogP contribution in [0.1, 0.15) is 62.3 Å². The molecule has 1 heterocycles. The van der Waals surface area contributed by atoms with Crippen molar-refractivity contribution in [2.24, 2.45) is 5.92 Å². The van der Waals surface area contributed by atoms with Crippen LogP contribution in [0.3, 0.4) is 0 Å². The lowest BCUT2D eigenvalue weighted by Crippen LogP contribution is -2.10. The molecule has 1 aliphatic rings. The van der Waals surface area contributed by atoms with E-state index in [0.717, 1.165) is 50.6 Å². The molecule has 1 fully saturated rings. The summed E-state index contributed by atoms with van der Waals surface area (Å²) < 4.78 is 0.591. The Morgan fingerprint density at radius 3 is 2.74 bits per heavy atom. The minimum atomic E-state index is -0.578. The van der Waals surface area contributed by atoms with Crippen molar-refractivity contribution in [2.75, 3.05) is 6.61 Å². The van der Waals surface area contributed by atoms with Gasteiger partial charge in [0.25, 0.3) is 0 Å². The van der Waals surface area contributed by atoms with Crippen molar-refractivity contribution in [3.63, 3.8) is 0 Å². The van der Waals surface area contributed by atoms with Crippen LogP contribution in [0, 0.1) is 27.4 Å². The maximum absolute atomic E-state index is 11.0. The Bertz CT molecular complexity index is 615. The lowest BCUT2D eigenvalue weighted by atomic mass is 9.90. The Hall–Kier alpha value is -1.52. The van der Waals surface area contributed by atoms with Crippen molar-refractivity contribution < 1.29 is 10.0 Å². The molecule has 0 aliphatic heterocycles. The summed E-state index contributed by atoms with van der Waals surface area (Å²) in [5.41, 5.74) is 0.331. The molecule has 0 amide bonds. The topological polar surface area (TPSA) is 100 Å². The Kier molecular flexibility index (Phi) is 6.48. The first kappa shape index (κ1) is 17.8. The van der Waals surface area contributed by atoms with Crippen LogP contribution in [0.25, 0.3) is 0 Å². The summed E-state index contributed by atoms with van der Waals surface area (Å²) in [6.07, 6.45) is 7.08. The smallest absolute Gasteiger partial charge is 0.306 e. The van der Waals surface area contributed by atoms with Crippen LogP contribution in [-0.2, 0) is 0 Å². The van der Waals surface area contributed by atoms with E-state index in [9.17, 15) is 15.2 Å². The molecule has 7 heteroatoms. The van der Waals surface area contributed by atoms with E-state index in [2.05, 4.69) is 20.9 Å². The zero-order valence-electron chi connectivity index (χ0n) is 12.9. The van der Waals surface area contributed by atoms with Crippen molar-refractivity contribution in [3.8, 4) is 6.07 Å². The second kappa shape index (κ2) is 8.37. The number of nitriles is 1. The summed E-state index contributed by atoms with van der Waals surface area (Å²) in [4.78, 5) is 14.7. The standard InChI is InChI=1S/C16H20BrN3O3/c17-13-8-15(20(22)23)14(9-18)19-16(13)12-5-3-1-2-4-11(10-21)6-7-12/h8,11-12,21H,1-7,10H2/t11-,12?/m1/s1. The Morgan fingerprint density at radius 2 is 2.09 bits per heavy atom. The second-order valence-electron chi connectivity index (χ2n) is 6.05. The maximum atomic E-state index is 11.0. The van der Waals surface area contributed by atoms with E-state index in [4.69, 9.17) is 5.26 Å². The van der Waals surface area contributed by atoms with E-state index >= 15 is 0 Å². The van der Waals surface area contributed by atoms with E-state index in [1.165, 1.54) is 6.07 Å². The summed E-state index contributed by atoms with van der Waals surface area (Å²) in [6, 6.07) is 3.22. The van der Waals surface area contributed by atoms with E-state index in [1.807, 2.05) is 6.07 Å². The molecule has 1 aromatic rings. The molecule has 1 aromatic heterocycles. The highest BCUT2D eigenvalue weighted by molar-refractivity contribution is 9.10. The monoisotopic (exact) mass is 381 g/mol. The van der Waals surface area contributed by atoms with Gasteiger partial charge in [-0.25, -0.2) is 4.98 Å². The lowest BCUT2D eigenvalue weighted by Gasteiger charge is -2.19. The van der Waals surface area contributed by atoms with E-state index in [-0.39, 0.29) is 23.9 Å². The fraction of sp³-hybridized carbons (Fsp3) is 0.625. The van der Waals surface area contributed by atoms with Crippen LogP contribution in [-0.4, -0.2) is 21.6 Å². The summed E-state index contributed by atoms with van der Waals surface area (Å²) >= 11 is 3.39. The first-order chi connectivity index (χ1) is 11.1. The molecule has 2 rings (SSSR count). The molecule has 124 valence electrons. The Labute approximate surface area is 143 Å². The summed E-state index contributed by atoms with van der Waals surface area (Å²) in [5.74, 6) is 0.465. The third-order valence-corrected chi connectivity index (χ3v) is 5.15. The third kappa shape index (κ3) is 4.49. The zero-order chi connectivity index (χ0) is 16.8. The van der Waals surface area contributed by atoms with Gasteiger partial charge in [0.05, 0.1) is 10.6 Å². The molecule has 1 unspecified atom stereocenters. The molecule has 2 atom stereocenters. The average molecular weight is 382 g/mol. The SMILES string of the molecule is N#Cc1nc(C2CCCCC[C@@H](CO)CC2)c(Br)cc1[N+](=O)[O-]. The predicted molar refractivity (Wildman–Crippen MR) is 88.9 cm³/mol. The number of aliphatic hydroxyl groups excluding tert-OH is 1. The highest BCUT2D eigenvalue weighted by Gasteiger charge is 2.25. The molecular weight excluding hydrogens is 362 g/mol. The van der Waals surface area contributed by atoms with Crippen molar-refractivity contribution in [1.82, 2.24) is 4.98 Å². The lowest BCUT2D eigenvalue weighted by molar-refractivity contribution is -0.385. The first-order valence-electron chi connectivity index (χ1n) is 7.92. The predicted octanol–water partition coefficient (Wildman–Crippen LogP) is 4.06. The van der Waals surface area contributed by atoms with Crippen molar-refractivity contribution >= 4 is 21.6 Å². The number of nitro groups is 1. The van der Waals surface area contributed by atoms with E-state index < -0.39 is 4.92 Å². The summed E-state index contributed by atoms with van der Waals surface area (Å²) in [6.45, 7) is 0.199. The van der Waals surface area contributed by atoms with Crippen molar-refractivity contribution in [1.29, 1.82) is 5.26 Å². The molecular formula is C16H20BrN3O3. The van der Waals surface area contributed by atoms with Gasteiger partial charge in [-0.05, 0) is 47.5 Å². The third-order valence-electron chi connectivity index (χ3n) is 4.52. The molecule has 6 nitrogen and oxygen atoms in total. The largest absolute Gasteiger partial charge is 0.396 e. The number of hydrogen-bond acceptors (Lipinski definition) is 5. The molecule has 0 aromatic carbocycles. The number of pyridine rings is 1. The maximum Gasteiger partial charge on any atom is 0.306 e. The van der Waals surface area contributed by atoms with Crippen LogP contribution in [0.2, 0.25) is 0 Å². The van der Waals surface area contributed by atoms with Crippen LogP contribution >= 0.6 is 15.9 Å². The van der Waals surface area contributed by atoms with Crippen LogP contribution in [0.15, 0.2) is 10.5 Å². The van der Waals surface area contributed by atoms with Crippen LogP contribution < -0.4 is 0 Å². The number of halogens is 1. The number of hydrogen-bond donors (Lipinski definition) is 1. The van der Waals surface area contributed by atoms with Gasteiger partial charge in [0, 0.05) is 23.1 Å². The van der Waals surface area contributed by atoms with Gasteiger partial charge in [0.2, 0.25) is 5.69 Å². The fourth-order valence-corrected chi connectivity index (χ4v) is 3.81. The molecule has 0 saturated heterocycles. The van der Waals surface area contributed by atoms with E-state index in [0.29, 0.717) is 10.4 Å². The van der Waals surface area contributed by atoms with Gasteiger partial charge in [-0.2, -0.15) is 5.26 Å². The number of nitrogens with zero attached hydrogens (tertiary/aromatic N) is 3. The van der Waals surface area contributed by atoms with Crippen molar-refractivity contribution in [3.05, 3.63) is 32.0 Å². The normalized spacial score (nSPS) is 22.5. The Balaban J connectivity index is 2.31. The summed E-state index contributed by atoms with van der Waals surface area (Å²) in [7, 11) is 0. The Morgan fingerprint density at radius 1 is 1.35 bits per heavy atom. The number of aliphatic hydroxyl groups is 1. The molecule has 0 bridgehead atoms. The highest BCUT2D eigenvalue weighted by atomic mass is 79.9. The van der Waals surface area contributed by atoms with Gasteiger partial charge in [0.15, 0.2) is 0 Å². The van der Waals surface area contributed by atoms with Gasteiger partial charge in [-0.1, -0.05) is 19.3 Å². The molecule has 0 radical (unpaired) electrons. The molecule has 1 N–H and O–H groups in total. The van der Waals surface area contributed by atoms with Gasteiger partial charge >= 0.3 is 5.69 Å².